The van der Waals surface area contributed by atoms with Gasteiger partial charge in [0, 0.05) is 24.7 Å². The van der Waals surface area contributed by atoms with Gasteiger partial charge in [0.2, 0.25) is 0 Å². The van der Waals surface area contributed by atoms with E-state index in [0.29, 0.717) is 12.8 Å². The number of non-ortho nitro benzene ring substituents is 1. The Kier molecular flexibility index (Phi) is 4.82. The summed E-state index contributed by atoms with van der Waals surface area (Å²) >= 11 is 0. The van der Waals surface area contributed by atoms with Gasteiger partial charge in [-0.05, 0) is 18.4 Å². The van der Waals surface area contributed by atoms with Crippen LogP contribution in [0.15, 0.2) is 24.3 Å². The van der Waals surface area contributed by atoms with E-state index in [1.54, 1.807) is 12.1 Å². The Balaban J connectivity index is 1.96. The fourth-order valence-electron chi connectivity index (χ4n) is 2.75. The SMILES string of the molecule is O=[N+]([O-])c1ccc(CNC2CCCCC2C(F)(F)F)cc1. The average Bonchev–Trinajstić information content (AvgIpc) is 2.45. The Morgan fingerprint density at radius 3 is 2.38 bits per heavy atom. The van der Waals surface area contributed by atoms with E-state index in [2.05, 4.69) is 5.32 Å². The molecule has 1 aliphatic rings. The third-order valence-corrected chi connectivity index (χ3v) is 3.90. The van der Waals surface area contributed by atoms with Gasteiger partial charge in [-0.1, -0.05) is 25.0 Å². The lowest BCUT2D eigenvalue weighted by molar-refractivity contribution is -0.384. The molecule has 4 nitrogen and oxygen atoms in total. The highest BCUT2D eigenvalue weighted by Crippen LogP contribution is 2.37. The summed E-state index contributed by atoms with van der Waals surface area (Å²) in [6.45, 7) is 0.287. The number of hydrogen-bond donors (Lipinski definition) is 1. The van der Waals surface area contributed by atoms with Crippen LogP contribution in [0, 0.1) is 16.0 Å². The molecule has 0 bridgehead atoms. The second kappa shape index (κ2) is 6.43. The molecular weight excluding hydrogens is 285 g/mol. The Morgan fingerprint density at radius 2 is 1.81 bits per heavy atom. The number of rotatable bonds is 4. The number of nitro groups is 1. The summed E-state index contributed by atoms with van der Waals surface area (Å²) in [5, 5.41) is 13.5. The molecule has 1 N–H and O–H groups in total. The lowest BCUT2D eigenvalue weighted by Gasteiger charge is -2.33. The highest BCUT2D eigenvalue weighted by molar-refractivity contribution is 5.32. The van der Waals surface area contributed by atoms with Crippen LogP contribution in [0.1, 0.15) is 31.2 Å². The molecule has 2 unspecified atom stereocenters. The van der Waals surface area contributed by atoms with Crippen molar-refractivity contribution in [2.45, 2.75) is 44.4 Å². The van der Waals surface area contributed by atoms with E-state index in [1.165, 1.54) is 12.1 Å². The van der Waals surface area contributed by atoms with E-state index < -0.39 is 23.1 Å². The van der Waals surface area contributed by atoms with E-state index in [1.807, 2.05) is 0 Å². The molecule has 1 fully saturated rings. The highest BCUT2D eigenvalue weighted by Gasteiger charge is 2.45. The van der Waals surface area contributed by atoms with E-state index in [0.717, 1.165) is 12.0 Å². The molecule has 21 heavy (non-hydrogen) atoms. The second-order valence-electron chi connectivity index (χ2n) is 5.34. The minimum absolute atomic E-state index is 0.0235. The number of nitrogens with one attached hydrogen (secondary N) is 1. The monoisotopic (exact) mass is 302 g/mol. The first-order valence-electron chi connectivity index (χ1n) is 6.91. The molecule has 2 atom stereocenters. The minimum Gasteiger partial charge on any atom is -0.309 e. The molecule has 0 saturated heterocycles. The van der Waals surface area contributed by atoms with Gasteiger partial charge in [-0.2, -0.15) is 13.2 Å². The highest BCUT2D eigenvalue weighted by atomic mass is 19.4. The Bertz CT molecular complexity index is 488. The van der Waals surface area contributed by atoms with Crippen molar-refractivity contribution in [1.82, 2.24) is 5.32 Å². The van der Waals surface area contributed by atoms with Crippen LogP contribution in [0.4, 0.5) is 18.9 Å². The van der Waals surface area contributed by atoms with Gasteiger partial charge in [-0.25, -0.2) is 0 Å². The van der Waals surface area contributed by atoms with Crippen LogP contribution >= 0.6 is 0 Å². The predicted octanol–water partition coefficient (Wildman–Crippen LogP) is 3.81. The lowest BCUT2D eigenvalue weighted by Crippen LogP contribution is -2.45. The molecule has 1 aliphatic carbocycles. The van der Waals surface area contributed by atoms with Gasteiger partial charge in [-0.15, -0.1) is 0 Å². The first-order chi connectivity index (χ1) is 9.88. The standard InChI is InChI=1S/C14H17F3N2O2/c15-14(16,17)12-3-1-2-4-13(12)18-9-10-5-7-11(8-6-10)19(20)21/h5-8,12-13,18H,1-4,9H2. The summed E-state index contributed by atoms with van der Waals surface area (Å²) < 4.78 is 38.8. The summed E-state index contributed by atoms with van der Waals surface area (Å²) in [7, 11) is 0. The van der Waals surface area contributed by atoms with Crippen molar-refractivity contribution in [3.8, 4) is 0 Å². The zero-order chi connectivity index (χ0) is 15.5. The van der Waals surface area contributed by atoms with Crippen LogP contribution in [-0.4, -0.2) is 17.1 Å². The molecule has 1 aromatic carbocycles. The number of nitrogens with zero attached hydrogens (tertiary/aromatic N) is 1. The van der Waals surface area contributed by atoms with Crippen molar-refractivity contribution in [2.24, 2.45) is 5.92 Å². The van der Waals surface area contributed by atoms with Crippen LogP contribution in [0.5, 0.6) is 0 Å². The maximum Gasteiger partial charge on any atom is 0.393 e. The molecule has 0 radical (unpaired) electrons. The number of benzene rings is 1. The molecular formula is C14H17F3N2O2. The molecule has 2 rings (SSSR count). The van der Waals surface area contributed by atoms with Gasteiger partial charge in [0.25, 0.3) is 5.69 Å². The minimum atomic E-state index is -4.17. The molecule has 0 spiro atoms. The first-order valence-corrected chi connectivity index (χ1v) is 6.91. The van der Waals surface area contributed by atoms with Crippen molar-refractivity contribution in [2.75, 3.05) is 0 Å². The summed E-state index contributed by atoms with van der Waals surface area (Å²) in [5.41, 5.74) is 0.719. The molecule has 0 aliphatic heterocycles. The van der Waals surface area contributed by atoms with Gasteiger partial charge >= 0.3 is 6.18 Å². The first kappa shape index (κ1) is 15.8. The topological polar surface area (TPSA) is 55.2 Å². The molecule has 0 heterocycles. The number of alkyl halides is 3. The molecule has 0 amide bonds. The molecule has 1 aromatic rings. The maximum absolute atomic E-state index is 12.9. The Labute approximate surface area is 120 Å². The van der Waals surface area contributed by atoms with Crippen molar-refractivity contribution < 1.29 is 18.1 Å². The normalized spacial score (nSPS) is 23.0. The van der Waals surface area contributed by atoms with Gasteiger partial charge in [0.15, 0.2) is 0 Å². The summed E-state index contributed by atoms with van der Waals surface area (Å²) in [6, 6.07) is 5.28. The second-order valence-corrected chi connectivity index (χ2v) is 5.34. The Hall–Kier alpha value is -1.63. The van der Waals surface area contributed by atoms with Crippen molar-refractivity contribution in [1.29, 1.82) is 0 Å². The average molecular weight is 302 g/mol. The molecule has 116 valence electrons. The summed E-state index contributed by atoms with van der Waals surface area (Å²) in [4.78, 5) is 10.0. The fourth-order valence-corrected chi connectivity index (χ4v) is 2.75. The van der Waals surface area contributed by atoms with Crippen LogP contribution in [0.2, 0.25) is 0 Å². The van der Waals surface area contributed by atoms with Crippen LogP contribution < -0.4 is 5.32 Å². The fraction of sp³-hybridized carbons (Fsp3) is 0.571. The van der Waals surface area contributed by atoms with Crippen LogP contribution in [-0.2, 0) is 6.54 Å². The lowest BCUT2D eigenvalue weighted by atomic mass is 9.84. The van der Waals surface area contributed by atoms with Gasteiger partial charge in [-0.3, -0.25) is 10.1 Å². The van der Waals surface area contributed by atoms with E-state index >= 15 is 0 Å². The van der Waals surface area contributed by atoms with Crippen LogP contribution in [0.3, 0.4) is 0 Å². The molecule has 7 heteroatoms. The molecule has 1 saturated carbocycles. The van der Waals surface area contributed by atoms with Crippen molar-refractivity contribution in [3.63, 3.8) is 0 Å². The van der Waals surface area contributed by atoms with Crippen LogP contribution in [0.25, 0.3) is 0 Å². The smallest absolute Gasteiger partial charge is 0.309 e. The third-order valence-electron chi connectivity index (χ3n) is 3.90. The third kappa shape index (κ3) is 4.17. The molecule has 0 aromatic heterocycles. The summed E-state index contributed by atoms with van der Waals surface area (Å²) in [5.74, 6) is -1.30. The number of halogens is 3. The van der Waals surface area contributed by atoms with E-state index in [4.69, 9.17) is 0 Å². The largest absolute Gasteiger partial charge is 0.393 e. The van der Waals surface area contributed by atoms with Crippen molar-refractivity contribution >= 4 is 5.69 Å². The maximum atomic E-state index is 12.9. The quantitative estimate of drug-likeness (QED) is 0.680. The number of nitro benzene ring substituents is 1. The summed E-state index contributed by atoms with van der Waals surface area (Å²) in [6.07, 6.45) is -2.09. The number of hydrogen-bond acceptors (Lipinski definition) is 3. The van der Waals surface area contributed by atoms with Gasteiger partial charge in [0.1, 0.15) is 0 Å². The zero-order valence-electron chi connectivity index (χ0n) is 11.4. The van der Waals surface area contributed by atoms with Gasteiger partial charge in [0.05, 0.1) is 10.8 Å². The van der Waals surface area contributed by atoms with Gasteiger partial charge < -0.3 is 5.32 Å². The van der Waals surface area contributed by atoms with Crippen molar-refractivity contribution in [3.05, 3.63) is 39.9 Å². The predicted molar refractivity (Wildman–Crippen MR) is 71.7 cm³/mol. The van der Waals surface area contributed by atoms with E-state index in [-0.39, 0.29) is 18.7 Å². The Morgan fingerprint density at radius 1 is 1.19 bits per heavy atom. The van der Waals surface area contributed by atoms with E-state index in [9.17, 15) is 23.3 Å². The zero-order valence-corrected chi connectivity index (χ0v) is 11.4.